The summed E-state index contributed by atoms with van der Waals surface area (Å²) < 4.78 is 10.9. The van der Waals surface area contributed by atoms with E-state index < -0.39 is 5.97 Å². The van der Waals surface area contributed by atoms with Gasteiger partial charge in [0.05, 0.1) is 17.8 Å². The number of anilines is 1. The van der Waals surface area contributed by atoms with Gasteiger partial charge in [-0.25, -0.2) is 4.79 Å². The minimum absolute atomic E-state index is 0.0422. The van der Waals surface area contributed by atoms with Gasteiger partial charge in [-0.05, 0) is 46.1 Å². The second-order valence-corrected chi connectivity index (χ2v) is 8.61. The topological polar surface area (TPSA) is 84.9 Å². The molecule has 2 amide bonds. The SMILES string of the molecule is Cc1sc(NC(=O)C2CC2)c(C(=O)OCC(=O)N2C[C@H](C)O[C@@H](C)C2)c1C. The zero-order valence-corrected chi connectivity index (χ0v) is 17.0. The van der Waals surface area contributed by atoms with Crippen LogP contribution in [0.3, 0.4) is 0 Å². The van der Waals surface area contributed by atoms with Crippen molar-refractivity contribution < 1.29 is 23.9 Å². The number of nitrogens with one attached hydrogen (secondary N) is 1. The van der Waals surface area contributed by atoms with Crippen LogP contribution >= 0.6 is 11.3 Å². The number of carbonyl (C=O) groups excluding carboxylic acids is 3. The van der Waals surface area contributed by atoms with Crippen molar-refractivity contribution in [3.63, 3.8) is 0 Å². The van der Waals surface area contributed by atoms with E-state index in [9.17, 15) is 14.4 Å². The molecule has 3 rings (SSSR count). The molecule has 0 spiro atoms. The lowest BCUT2D eigenvalue weighted by atomic mass is 10.1. The van der Waals surface area contributed by atoms with Crippen LogP contribution in [-0.4, -0.2) is 54.6 Å². The Morgan fingerprint density at radius 1 is 1.19 bits per heavy atom. The van der Waals surface area contributed by atoms with Crippen LogP contribution in [0.25, 0.3) is 0 Å². The van der Waals surface area contributed by atoms with Gasteiger partial charge in [0.1, 0.15) is 5.00 Å². The second-order valence-electron chi connectivity index (χ2n) is 7.38. The summed E-state index contributed by atoms with van der Waals surface area (Å²) in [5.41, 5.74) is 1.13. The molecular formula is C19H26N2O5S. The Kier molecular flexibility index (Phi) is 5.86. The molecule has 1 aromatic heterocycles. The van der Waals surface area contributed by atoms with Crippen molar-refractivity contribution in [1.82, 2.24) is 4.90 Å². The highest BCUT2D eigenvalue weighted by atomic mass is 32.1. The van der Waals surface area contributed by atoms with Gasteiger partial charge in [0.15, 0.2) is 6.61 Å². The first-order valence-corrected chi connectivity index (χ1v) is 10.1. The van der Waals surface area contributed by atoms with Crippen LogP contribution in [-0.2, 0) is 19.1 Å². The van der Waals surface area contributed by atoms with Gasteiger partial charge in [0, 0.05) is 23.9 Å². The molecule has 7 nitrogen and oxygen atoms in total. The Labute approximate surface area is 163 Å². The third kappa shape index (κ3) is 4.68. The normalized spacial score (nSPS) is 22.4. The maximum Gasteiger partial charge on any atom is 0.341 e. The Morgan fingerprint density at radius 3 is 2.41 bits per heavy atom. The van der Waals surface area contributed by atoms with Gasteiger partial charge < -0.3 is 19.7 Å². The summed E-state index contributed by atoms with van der Waals surface area (Å²) in [4.78, 5) is 39.7. The third-order valence-electron chi connectivity index (χ3n) is 4.87. The first kappa shape index (κ1) is 19.8. The molecule has 27 heavy (non-hydrogen) atoms. The summed E-state index contributed by atoms with van der Waals surface area (Å²) in [6.45, 7) is 8.19. The summed E-state index contributed by atoms with van der Waals surface area (Å²) in [6, 6.07) is 0. The molecule has 1 saturated carbocycles. The maximum atomic E-state index is 12.6. The number of carbonyl (C=O) groups is 3. The van der Waals surface area contributed by atoms with E-state index >= 15 is 0 Å². The van der Waals surface area contributed by atoms with Crippen LogP contribution in [0.1, 0.15) is 47.5 Å². The van der Waals surface area contributed by atoms with Crippen molar-refractivity contribution in [2.45, 2.75) is 52.7 Å². The van der Waals surface area contributed by atoms with Gasteiger partial charge in [0.25, 0.3) is 5.91 Å². The number of nitrogens with zero attached hydrogens (tertiary/aromatic N) is 1. The number of hydrogen-bond donors (Lipinski definition) is 1. The number of morpholine rings is 1. The van der Waals surface area contributed by atoms with Crippen LogP contribution in [0.15, 0.2) is 0 Å². The minimum atomic E-state index is -0.578. The lowest BCUT2D eigenvalue weighted by Crippen LogP contribution is -2.49. The Bertz CT molecular complexity index is 746. The van der Waals surface area contributed by atoms with Gasteiger partial charge >= 0.3 is 5.97 Å². The Balaban J connectivity index is 1.63. The van der Waals surface area contributed by atoms with E-state index in [0.717, 1.165) is 23.3 Å². The summed E-state index contributed by atoms with van der Waals surface area (Å²) in [5.74, 6) is -0.828. The highest BCUT2D eigenvalue weighted by Gasteiger charge is 2.32. The summed E-state index contributed by atoms with van der Waals surface area (Å²) >= 11 is 1.36. The molecule has 1 N–H and O–H groups in total. The molecule has 1 aromatic rings. The van der Waals surface area contributed by atoms with E-state index in [4.69, 9.17) is 9.47 Å². The molecule has 2 fully saturated rings. The highest BCUT2D eigenvalue weighted by Crippen LogP contribution is 2.36. The molecular weight excluding hydrogens is 368 g/mol. The molecule has 0 bridgehead atoms. The molecule has 1 saturated heterocycles. The zero-order valence-electron chi connectivity index (χ0n) is 16.2. The monoisotopic (exact) mass is 394 g/mol. The molecule has 0 radical (unpaired) electrons. The fraction of sp³-hybridized carbons (Fsp3) is 0.632. The quantitative estimate of drug-likeness (QED) is 0.776. The average Bonchev–Trinajstić information content (AvgIpc) is 3.39. The number of ether oxygens (including phenoxy) is 2. The molecule has 2 heterocycles. The first-order valence-electron chi connectivity index (χ1n) is 9.27. The van der Waals surface area contributed by atoms with E-state index in [0.29, 0.717) is 23.7 Å². The predicted molar refractivity (Wildman–Crippen MR) is 102 cm³/mol. The predicted octanol–water partition coefficient (Wildman–Crippen LogP) is 2.51. The van der Waals surface area contributed by atoms with Crippen molar-refractivity contribution in [3.05, 3.63) is 16.0 Å². The van der Waals surface area contributed by atoms with Gasteiger partial charge in [-0.2, -0.15) is 0 Å². The van der Waals surface area contributed by atoms with Gasteiger partial charge in [-0.3, -0.25) is 9.59 Å². The van der Waals surface area contributed by atoms with Crippen LogP contribution in [0.4, 0.5) is 5.00 Å². The fourth-order valence-corrected chi connectivity index (χ4v) is 4.24. The van der Waals surface area contributed by atoms with E-state index in [1.54, 1.807) is 4.90 Å². The van der Waals surface area contributed by atoms with E-state index in [1.165, 1.54) is 11.3 Å². The van der Waals surface area contributed by atoms with Crippen molar-refractivity contribution in [1.29, 1.82) is 0 Å². The standard InChI is InChI=1S/C19H26N2O5S/c1-10-7-21(8-11(2)26-10)15(22)9-25-19(24)16-12(3)13(4)27-18(16)20-17(23)14-5-6-14/h10-11,14H,5-9H2,1-4H3,(H,20,23)/t10-,11-/m0/s1. The molecule has 1 aliphatic carbocycles. The largest absolute Gasteiger partial charge is 0.452 e. The van der Waals surface area contributed by atoms with Gasteiger partial charge in [-0.15, -0.1) is 11.3 Å². The third-order valence-corrected chi connectivity index (χ3v) is 6.00. The second kappa shape index (κ2) is 7.98. The van der Waals surface area contributed by atoms with Crippen molar-refractivity contribution in [2.75, 3.05) is 25.0 Å². The van der Waals surface area contributed by atoms with Crippen LogP contribution in [0, 0.1) is 19.8 Å². The maximum absolute atomic E-state index is 12.6. The van der Waals surface area contributed by atoms with E-state index in [1.807, 2.05) is 27.7 Å². The number of aryl methyl sites for hydroxylation is 1. The summed E-state index contributed by atoms with van der Waals surface area (Å²) in [5, 5.41) is 3.35. The number of hydrogen-bond acceptors (Lipinski definition) is 6. The number of esters is 1. The average molecular weight is 394 g/mol. The zero-order chi connectivity index (χ0) is 19.7. The fourth-order valence-electron chi connectivity index (χ4n) is 3.19. The van der Waals surface area contributed by atoms with Crippen LogP contribution < -0.4 is 5.32 Å². The molecule has 8 heteroatoms. The lowest BCUT2D eigenvalue weighted by Gasteiger charge is -2.35. The van der Waals surface area contributed by atoms with Crippen molar-refractivity contribution in [3.8, 4) is 0 Å². The molecule has 1 aliphatic heterocycles. The van der Waals surface area contributed by atoms with E-state index in [2.05, 4.69) is 5.32 Å². The summed E-state index contributed by atoms with van der Waals surface area (Å²) in [7, 11) is 0. The van der Waals surface area contributed by atoms with E-state index in [-0.39, 0.29) is 36.5 Å². The highest BCUT2D eigenvalue weighted by molar-refractivity contribution is 7.16. The minimum Gasteiger partial charge on any atom is -0.452 e. The molecule has 2 aliphatic rings. The Morgan fingerprint density at radius 2 is 1.81 bits per heavy atom. The van der Waals surface area contributed by atoms with Crippen molar-refractivity contribution >= 4 is 34.1 Å². The van der Waals surface area contributed by atoms with Gasteiger partial charge in [0.2, 0.25) is 5.91 Å². The summed E-state index contributed by atoms with van der Waals surface area (Å²) in [6.07, 6.45) is 1.69. The Hall–Kier alpha value is -1.93. The van der Waals surface area contributed by atoms with Crippen LogP contribution in [0.2, 0.25) is 0 Å². The molecule has 2 atom stereocenters. The number of rotatable bonds is 5. The van der Waals surface area contributed by atoms with Gasteiger partial charge in [-0.1, -0.05) is 0 Å². The smallest absolute Gasteiger partial charge is 0.341 e. The number of amides is 2. The molecule has 148 valence electrons. The number of thiophene rings is 1. The molecule has 0 unspecified atom stereocenters. The molecule has 0 aromatic carbocycles. The van der Waals surface area contributed by atoms with Crippen LogP contribution in [0.5, 0.6) is 0 Å². The van der Waals surface area contributed by atoms with Crippen molar-refractivity contribution in [2.24, 2.45) is 5.92 Å². The lowest BCUT2D eigenvalue weighted by molar-refractivity contribution is -0.146. The first-order chi connectivity index (χ1) is 12.8.